The summed E-state index contributed by atoms with van der Waals surface area (Å²) in [5, 5.41) is 0.166. The topological polar surface area (TPSA) is 16.4 Å². The number of piperidine rings is 1. The number of benzene rings is 2. The highest BCUT2D eigenvalue weighted by molar-refractivity contribution is 5.85. The molecule has 0 aliphatic carbocycles. The van der Waals surface area contributed by atoms with E-state index in [2.05, 4.69) is 24.0 Å². The van der Waals surface area contributed by atoms with Crippen LogP contribution in [0.5, 0.6) is 0 Å². The summed E-state index contributed by atoms with van der Waals surface area (Å²) in [6.07, 6.45) is -2.10. The van der Waals surface area contributed by atoms with E-state index in [-0.39, 0.29) is 11.3 Å². The zero-order valence-corrected chi connectivity index (χ0v) is 15.2. The van der Waals surface area contributed by atoms with Crippen molar-refractivity contribution in [3.63, 3.8) is 0 Å². The van der Waals surface area contributed by atoms with Crippen LogP contribution >= 0.6 is 0 Å². The summed E-state index contributed by atoms with van der Waals surface area (Å²) in [6.45, 7) is 4.92. The zero-order chi connectivity index (χ0) is 19.0. The summed E-state index contributed by atoms with van der Waals surface area (Å²) in [7, 11) is 0. The molecule has 1 aliphatic heterocycles. The van der Waals surface area contributed by atoms with Crippen LogP contribution in [0.2, 0.25) is 0 Å². The minimum absolute atomic E-state index is 0.166. The molecule has 0 N–H and O–H groups in total. The molecule has 4 rings (SSSR count). The van der Waals surface area contributed by atoms with E-state index >= 15 is 0 Å². The number of hydrogen-bond donors (Lipinski definition) is 0. The molecule has 1 saturated heterocycles. The number of fused-ring (bicyclic) bond motifs is 1. The van der Waals surface area contributed by atoms with Gasteiger partial charge in [0, 0.05) is 18.5 Å². The third-order valence-corrected chi connectivity index (χ3v) is 5.59. The standard InChI is InChI=1S/C22H22F3NO/c1-15-13-26(14-16-5-3-2-4-6-16)11-9-17(15)18-7-8-20(22(23,24)25)19-10-12-27-21(18)19/h2-8,10,12,15,17H,9,11,13-14H2,1H3/t15-,17+/m0/s1. The van der Waals surface area contributed by atoms with Gasteiger partial charge in [0.05, 0.1) is 11.8 Å². The van der Waals surface area contributed by atoms with Crippen LogP contribution in [0.15, 0.2) is 59.2 Å². The summed E-state index contributed by atoms with van der Waals surface area (Å²) >= 11 is 0. The predicted octanol–water partition coefficient (Wildman–Crippen LogP) is 6.08. The first kappa shape index (κ1) is 18.1. The van der Waals surface area contributed by atoms with E-state index in [0.29, 0.717) is 11.5 Å². The van der Waals surface area contributed by atoms with Gasteiger partial charge in [-0.15, -0.1) is 0 Å². The van der Waals surface area contributed by atoms with Gasteiger partial charge < -0.3 is 4.42 Å². The lowest BCUT2D eigenvalue weighted by Crippen LogP contribution is -2.37. The largest absolute Gasteiger partial charge is 0.464 e. The molecule has 0 radical (unpaired) electrons. The number of hydrogen-bond acceptors (Lipinski definition) is 2. The molecule has 2 heterocycles. The molecule has 0 spiro atoms. The smallest absolute Gasteiger partial charge is 0.417 e. The average molecular weight is 373 g/mol. The van der Waals surface area contributed by atoms with Crippen LogP contribution < -0.4 is 0 Å². The lowest BCUT2D eigenvalue weighted by molar-refractivity contribution is -0.136. The second-order valence-electron chi connectivity index (χ2n) is 7.46. The minimum Gasteiger partial charge on any atom is -0.464 e. The van der Waals surface area contributed by atoms with Crippen LogP contribution in [-0.2, 0) is 12.7 Å². The van der Waals surface area contributed by atoms with Crippen molar-refractivity contribution >= 4 is 11.0 Å². The highest BCUT2D eigenvalue weighted by Gasteiger charge is 2.35. The molecule has 0 amide bonds. The first-order valence-electron chi connectivity index (χ1n) is 9.27. The number of halogens is 3. The number of rotatable bonds is 3. The fourth-order valence-electron chi connectivity index (χ4n) is 4.30. The first-order valence-corrected chi connectivity index (χ1v) is 9.27. The third kappa shape index (κ3) is 3.61. The molecule has 27 heavy (non-hydrogen) atoms. The van der Waals surface area contributed by atoms with Gasteiger partial charge in [-0.1, -0.05) is 43.3 Å². The van der Waals surface area contributed by atoms with E-state index in [1.807, 2.05) is 18.2 Å². The van der Waals surface area contributed by atoms with Gasteiger partial charge in [-0.05, 0) is 48.1 Å². The number of furan rings is 1. The number of alkyl halides is 3. The summed E-state index contributed by atoms with van der Waals surface area (Å²) in [6, 6.07) is 14.6. The van der Waals surface area contributed by atoms with Gasteiger partial charge in [0.15, 0.2) is 0 Å². The lowest BCUT2D eigenvalue weighted by atomic mass is 9.80. The zero-order valence-electron chi connectivity index (χ0n) is 15.2. The van der Waals surface area contributed by atoms with Crippen LogP contribution in [-0.4, -0.2) is 18.0 Å². The Bertz CT molecular complexity index is 916. The number of likely N-dealkylation sites (tertiary alicyclic amines) is 1. The quantitative estimate of drug-likeness (QED) is 0.553. The molecule has 0 unspecified atom stereocenters. The van der Waals surface area contributed by atoms with Crippen LogP contribution in [0.25, 0.3) is 11.0 Å². The molecule has 142 valence electrons. The van der Waals surface area contributed by atoms with Gasteiger partial charge in [0.25, 0.3) is 0 Å². The summed E-state index contributed by atoms with van der Waals surface area (Å²) < 4.78 is 45.3. The van der Waals surface area contributed by atoms with E-state index in [1.54, 1.807) is 6.07 Å². The Labute approximate surface area is 156 Å². The van der Waals surface area contributed by atoms with Gasteiger partial charge in [-0.25, -0.2) is 0 Å². The number of nitrogens with zero attached hydrogens (tertiary/aromatic N) is 1. The van der Waals surface area contributed by atoms with Crippen molar-refractivity contribution in [2.45, 2.75) is 32.0 Å². The summed E-state index contributed by atoms with van der Waals surface area (Å²) in [4.78, 5) is 2.42. The van der Waals surface area contributed by atoms with Crippen molar-refractivity contribution in [1.82, 2.24) is 4.90 Å². The Balaban J connectivity index is 1.56. The summed E-state index contributed by atoms with van der Waals surface area (Å²) in [5.74, 6) is 0.542. The molecule has 3 aromatic rings. The summed E-state index contributed by atoms with van der Waals surface area (Å²) in [5.41, 5.74) is 1.95. The maximum absolute atomic E-state index is 13.3. The van der Waals surface area contributed by atoms with Crippen molar-refractivity contribution in [2.24, 2.45) is 5.92 Å². The van der Waals surface area contributed by atoms with Gasteiger partial charge in [-0.3, -0.25) is 4.90 Å². The Hall–Kier alpha value is -2.27. The maximum atomic E-state index is 13.3. The van der Waals surface area contributed by atoms with Crippen LogP contribution in [0, 0.1) is 5.92 Å². The van der Waals surface area contributed by atoms with E-state index < -0.39 is 11.7 Å². The van der Waals surface area contributed by atoms with E-state index in [1.165, 1.54) is 24.0 Å². The second-order valence-corrected chi connectivity index (χ2v) is 7.46. The second kappa shape index (κ2) is 7.04. The van der Waals surface area contributed by atoms with Gasteiger partial charge in [0.1, 0.15) is 5.58 Å². The van der Waals surface area contributed by atoms with E-state index in [0.717, 1.165) is 31.6 Å². The lowest BCUT2D eigenvalue weighted by Gasteiger charge is -2.37. The predicted molar refractivity (Wildman–Crippen MR) is 99.5 cm³/mol. The minimum atomic E-state index is -4.37. The highest BCUT2D eigenvalue weighted by atomic mass is 19.4. The van der Waals surface area contributed by atoms with Crippen LogP contribution in [0.1, 0.15) is 36.0 Å². The molecule has 2 nitrogen and oxygen atoms in total. The van der Waals surface area contributed by atoms with E-state index in [4.69, 9.17) is 4.42 Å². The van der Waals surface area contributed by atoms with Crippen molar-refractivity contribution in [2.75, 3.05) is 13.1 Å². The van der Waals surface area contributed by atoms with Crippen LogP contribution in [0.3, 0.4) is 0 Å². The van der Waals surface area contributed by atoms with Crippen molar-refractivity contribution in [3.8, 4) is 0 Å². The Morgan fingerprint density at radius 3 is 2.56 bits per heavy atom. The molecule has 0 saturated carbocycles. The third-order valence-electron chi connectivity index (χ3n) is 5.59. The molecule has 1 aliphatic rings. The van der Waals surface area contributed by atoms with Gasteiger partial charge in [-0.2, -0.15) is 13.2 Å². The molecule has 0 bridgehead atoms. The van der Waals surface area contributed by atoms with Gasteiger partial charge >= 0.3 is 6.18 Å². The van der Waals surface area contributed by atoms with Crippen molar-refractivity contribution < 1.29 is 17.6 Å². The molecular formula is C22H22F3NO. The first-order chi connectivity index (χ1) is 12.9. The average Bonchev–Trinajstić information content (AvgIpc) is 3.11. The Morgan fingerprint density at radius 1 is 1.07 bits per heavy atom. The molecule has 2 atom stereocenters. The maximum Gasteiger partial charge on any atom is 0.417 e. The fraction of sp³-hybridized carbons (Fsp3) is 0.364. The van der Waals surface area contributed by atoms with Crippen molar-refractivity contribution in [1.29, 1.82) is 0 Å². The van der Waals surface area contributed by atoms with Crippen molar-refractivity contribution in [3.05, 3.63) is 71.5 Å². The molecule has 5 heteroatoms. The van der Waals surface area contributed by atoms with Crippen LogP contribution in [0.4, 0.5) is 13.2 Å². The van der Waals surface area contributed by atoms with E-state index in [9.17, 15) is 13.2 Å². The Morgan fingerprint density at radius 2 is 1.85 bits per heavy atom. The normalized spacial score (nSPS) is 21.6. The van der Waals surface area contributed by atoms with Gasteiger partial charge in [0.2, 0.25) is 0 Å². The highest BCUT2D eigenvalue weighted by Crippen LogP contribution is 2.42. The molecule has 2 aromatic carbocycles. The Kier molecular flexibility index (Phi) is 4.72. The molecular weight excluding hydrogens is 351 g/mol. The SMILES string of the molecule is C[C@H]1CN(Cc2ccccc2)CC[C@H]1c1ccc(C(F)(F)F)c2ccoc12. The molecule has 1 aromatic heterocycles. The molecule has 1 fully saturated rings. The monoisotopic (exact) mass is 373 g/mol. The fourth-order valence-corrected chi connectivity index (χ4v) is 4.30.